The third-order valence-electron chi connectivity index (χ3n) is 3.80. The topological polar surface area (TPSA) is 145 Å². The Labute approximate surface area is 147 Å². The van der Waals surface area contributed by atoms with E-state index in [0.29, 0.717) is 0 Å². The summed E-state index contributed by atoms with van der Waals surface area (Å²) in [5.41, 5.74) is 5.62. The van der Waals surface area contributed by atoms with Gasteiger partial charge in [0.15, 0.2) is 18.5 Å². The fourth-order valence-electron chi connectivity index (χ4n) is 2.71. The van der Waals surface area contributed by atoms with Gasteiger partial charge in [0.2, 0.25) is 5.96 Å². The molecular formula is C13H15ClN6O5. The molecule has 12 heteroatoms. The third-order valence-corrected chi connectivity index (χ3v) is 4.11. The molecule has 0 fully saturated rings. The SMILES string of the molecule is CCOC(=O)C([C@@H]1C=C[C@H](N2C=NC3C(Cl)=NC(N)=NC32)O1)[N+](=O)[O-]. The highest BCUT2D eigenvalue weighted by atomic mass is 35.5. The quantitative estimate of drug-likeness (QED) is 0.296. The van der Waals surface area contributed by atoms with Gasteiger partial charge in [0.1, 0.15) is 11.2 Å². The molecule has 3 aliphatic heterocycles. The minimum absolute atomic E-state index is 0.00923. The maximum Gasteiger partial charge on any atom is 0.384 e. The first-order valence-electron chi connectivity index (χ1n) is 7.44. The van der Waals surface area contributed by atoms with Crippen LogP contribution in [0.3, 0.4) is 0 Å². The first-order valence-corrected chi connectivity index (χ1v) is 7.82. The Hall–Kier alpha value is -2.53. The summed E-state index contributed by atoms with van der Waals surface area (Å²) in [4.78, 5) is 36.2. The van der Waals surface area contributed by atoms with E-state index < -0.39 is 41.5 Å². The van der Waals surface area contributed by atoms with Gasteiger partial charge in [-0.1, -0.05) is 11.6 Å². The molecule has 0 aromatic rings. The number of nitro groups is 1. The highest BCUT2D eigenvalue weighted by molar-refractivity contribution is 6.67. The molecular weight excluding hydrogens is 356 g/mol. The normalized spacial score (nSPS) is 31.4. The lowest BCUT2D eigenvalue weighted by Gasteiger charge is -2.30. The van der Waals surface area contributed by atoms with Crippen LogP contribution >= 0.6 is 11.6 Å². The van der Waals surface area contributed by atoms with E-state index in [9.17, 15) is 14.9 Å². The number of nitrogens with two attached hydrogens (primary N) is 1. The zero-order chi connectivity index (χ0) is 18.1. The van der Waals surface area contributed by atoms with E-state index in [-0.39, 0.29) is 17.7 Å². The number of halogens is 1. The molecule has 3 rings (SSSR count). The summed E-state index contributed by atoms with van der Waals surface area (Å²) in [5.74, 6) is -0.944. The number of rotatable bonds is 5. The van der Waals surface area contributed by atoms with Gasteiger partial charge in [-0.15, -0.1) is 0 Å². The van der Waals surface area contributed by atoms with E-state index in [1.54, 1.807) is 17.9 Å². The van der Waals surface area contributed by atoms with Crippen molar-refractivity contribution < 1.29 is 19.2 Å². The lowest BCUT2D eigenvalue weighted by Crippen LogP contribution is -2.48. The van der Waals surface area contributed by atoms with Gasteiger partial charge >= 0.3 is 12.0 Å². The zero-order valence-electron chi connectivity index (χ0n) is 13.1. The summed E-state index contributed by atoms with van der Waals surface area (Å²) in [6, 6.07) is -2.16. The number of hydrogen-bond acceptors (Lipinski definition) is 10. The fraction of sp³-hybridized carbons (Fsp3) is 0.538. The standard InChI is InChI=1S/C13H15ClN6O5/c1-2-24-12(21)9(20(22)23)6-3-4-7(25-6)19-5-16-8-10(14)17-13(15)18-11(8)19/h3-9,11H,2H2,1H3,(H2,15,18)/t6-,7+,8?,9?,11?/m0/s1. The van der Waals surface area contributed by atoms with Gasteiger partial charge in [0.25, 0.3) is 0 Å². The number of fused-ring (bicyclic) bond motifs is 1. The number of carbonyl (C=O) groups excluding carboxylic acids is 1. The van der Waals surface area contributed by atoms with Gasteiger partial charge in [-0.25, -0.2) is 14.8 Å². The Morgan fingerprint density at radius 1 is 1.60 bits per heavy atom. The molecule has 0 spiro atoms. The molecule has 25 heavy (non-hydrogen) atoms. The minimum Gasteiger partial charge on any atom is -0.461 e. The van der Waals surface area contributed by atoms with Gasteiger partial charge < -0.3 is 20.1 Å². The smallest absolute Gasteiger partial charge is 0.384 e. The van der Waals surface area contributed by atoms with Crippen LogP contribution in [0.25, 0.3) is 0 Å². The molecule has 0 saturated carbocycles. The van der Waals surface area contributed by atoms with Gasteiger partial charge in [0.05, 0.1) is 12.9 Å². The van der Waals surface area contributed by atoms with Crippen molar-refractivity contribution in [1.29, 1.82) is 0 Å². The first-order chi connectivity index (χ1) is 11.9. The molecule has 3 aliphatic rings. The molecule has 0 aromatic heterocycles. The molecule has 3 unspecified atom stereocenters. The highest BCUT2D eigenvalue weighted by Crippen LogP contribution is 2.28. The minimum atomic E-state index is -1.65. The van der Waals surface area contributed by atoms with Crippen molar-refractivity contribution in [1.82, 2.24) is 4.90 Å². The molecule has 0 radical (unpaired) electrons. The van der Waals surface area contributed by atoms with Crippen LogP contribution in [0.4, 0.5) is 0 Å². The van der Waals surface area contributed by atoms with Crippen LogP contribution in [0.2, 0.25) is 0 Å². The number of guanidine groups is 1. The van der Waals surface area contributed by atoms with E-state index >= 15 is 0 Å². The average Bonchev–Trinajstić information content (AvgIpc) is 3.14. The lowest BCUT2D eigenvalue weighted by atomic mass is 10.2. The van der Waals surface area contributed by atoms with Crippen molar-refractivity contribution in [2.45, 2.75) is 37.5 Å². The van der Waals surface area contributed by atoms with Crippen molar-refractivity contribution in [3.63, 3.8) is 0 Å². The molecule has 0 saturated heterocycles. The Morgan fingerprint density at radius 3 is 3.04 bits per heavy atom. The predicted molar refractivity (Wildman–Crippen MR) is 88.0 cm³/mol. The lowest BCUT2D eigenvalue weighted by molar-refractivity contribution is -0.520. The fourth-order valence-corrected chi connectivity index (χ4v) is 2.96. The van der Waals surface area contributed by atoms with Gasteiger partial charge in [-0.3, -0.25) is 15.1 Å². The van der Waals surface area contributed by atoms with E-state index in [2.05, 4.69) is 15.0 Å². The van der Waals surface area contributed by atoms with E-state index in [4.69, 9.17) is 26.8 Å². The predicted octanol–water partition coefficient (Wildman–Crippen LogP) is -0.520. The molecule has 3 heterocycles. The number of nitrogens with zero attached hydrogens (tertiary/aromatic N) is 5. The molecule has 0 bridgehead atoms. The summed E-state index contributed by atoms with van der Waals surface area (Å²) in [6.45, 7) is 1.61. The van der Waals surface area contributed by atoms with Gasteiger partial charge in [-0.05, 0) is 19.1 Å². The van der Waals surface area contributed by atoms with Crippen molar-refractivity contribution in [3.8, 4) is 0 Å². The summed E-state index contributed by atoms with van der Waals surface area (Å²) >= 11 is 6.02. The van der Waals surface area contributed by atoms with Crippen molar-refractivity contribution >= 4 is 35.0 Å². The van der Waals surface area contributed by atoms with Crippen LogP contribution in [0.15, 0.2) is 27.1 Å². The highest BCUT2D eigenvalue weighted by Gasteiger charge is 2.46. The zero-order valence-corrected chi connectivity index (χ0v) is 13.8. The summed E-state index contributed by atoms with van der Waals surface area (Å²) in [5, 5.41) is 11.4. The number of ether oxygens (including phenoxy) is 2. The molecule has 2 N–H and O–H groups in total. The molecule has 0 aromatic carbocycles. The summed E-state index contributed by atoms with van der Waals surface area (Å²) in [6.07, 6.45) is 2.16. The number of aliphatic imine (C=N–C) groups is 3. The monoisotopic (exact) mass is 370 g/mol. The molecule has 5 atom stereocenters. The van der Waals surface area contributed by atoms with Gasteiger partial charge in [0, 0.05) is 4.92 Å². The average molecular weight is 371 g/mol. The van der Waals surface area contributed by atoms with Crippen LogP contribution < -0.4 is 5.73 Å². The molecule has 11 nitrogen and oxygen atoms in total. The summed E-state index contributed by atoms with van der Waals surface area (Å²) < 4.78 is 10.4. The Bertz CT molecular complexity index is 707. The Balaban J connectivity index is 1.72. The van der Waals surface area contributed by atoms with E-state index in [1.165, 1.54) is 12.4 Å². The van der Waals surface area contributed by atoms with E-state index in [1.807, 2.05) is 0 Å². The van der Waals surface area contributed by atoms with Crippen LogP contribution in [-0.2, 0) is 14.3 Å². The molecule has 134 valence electrons. The molecule has 0 aliphatic carbocycles. The second kappa shape index (κ2) is 6.76. The number of hydrogen-bond donors (Lipinski definition) is 1. The van der Waals surface area contributed by atoms with Crippen LogP contribution in [-0.4, -0.2) is 70.4 Å². The number of carbonyl (C=O) groups is 1. The van der Waals surface area contributed by atoms with E-state index in [0.717, 1.165) is 0 Å². The first kappa shape index (κ1) is 17.3. The second-order valence-corrected chi connectivity index (χ2v) is 5.74. The Morgan fingerprint density at radius 2 is 2.36 bits per heavy atom. The van der Waals surface area contributed by atoms with Crippen LogP contribution in [0.5, 0.6) is 0 Å². The third kappa shape index (κ3) is 3.20. The van der Waals surface area contributed by atoms with Crippen molar-refractivity contribution in [2.24, 2.45) is 20.7 Å². The van der Waals surface area contributed by atoms with Crippen LogP contribution in [0.1, 0.15) is 6.92 Å². The summed E-state index contributed by atoms with van der Waals surface area (Å²) in [7, 11) is 0. The van der Waals surface area contributed by atoms with Crippen LogP contribution in [0, 0.1) is 10.1 Å². The van der Waals surface area contributed by atoms with Crippen molar-refractivity contribution in [2.75, 3.05) is 6.61 Å². The Kier molecular flexibility index (Phi) is 4.68. The number of esters is 1. The molecule has 0 amide bonds. The maximum atomic E-state index is 11.8. The largest absolute Gasteiger partial charge is 0.461 e. The maximum absolute atomic E-state index is 11.8. The second-order valence-electron chi connectivity index (χ2n) is 5.35. The van der Waals surface area contributed by atoms with Crippen molar-refractivity contribution in [3.05, 3.63) is 22.3 Å². The van der Waals surface area contributed by atoms with Gasteiger partial charge in [-0.2, -0.15) is 0 Å².